The molecule has 4 heteroatoms. The van der Waals surface area contributed by atoms with Gasteiger partial charge >= 0.3 is 5.97 Å². The number of hydrogen-bond acceptors (Lipinski definition) is 2. The lowest BCUT2D eigenvalue weighted by atomic mass is 10.1. The summed E-state index contributed by atoms with van der Waals surface area (Å²) in [6, 6.07) is 7.35. The molecule has 4 nitrogen and oxygen atoms in total. The minimum Gasteiger partial charge on any atom is -0.481 e. The average molecular weight is 273 g/mol. The summed E-state index contributed by atoms with van der Waals surface area (Å²) in [5.74, 6) is -0.815. The van der Waals surface area contributed by atoms with Crippen molar-refractivity contribution in [3.63, 3.8) is 0 Å². The van der Waals surface area contributed by atoms with Crippen molar-refractivity contribution < 1.29 is 14.7 Å². The first kappa shape index (κ1) is 14.3. The molecule has 1 amide bonds. The molecule has 0 atom stereocenters. The second kappa shape index (κ2) is 6.37. The molecule has 0 radical (unpaired) electrons. The Kier molecular flexibility index (Phi) is 4.56. The molecule has 0 unspecified atom stereocenters. The molecule has 2 rings (SSSR count). The highest BCUT2D eigenvalue weighted by molar-refractivity contribution is 6.04. The zero-order chi connectivity index (χ0) is 14.5. The number of anilines is 1. The molecular weight excluding hydrogens is 254 g/mol. The molecule has 0 saturated heterocycles. The van der Waals surface area contributed by atoms with E-state index in [1.807, 2.05) is 31.2 Å². The summed E-state index contributed by atoms with van der Waals surface area (Å²) in [6.45, 7) is 2.01. The average Bonchev–Trinajstić information content (AvgIpc) is 2.84. The van der Waals surface area contributed by atoms with E-state index in [2.05, 4.69) is 5.32 Å². The van der Waals surface area contributed by atoms with E-state index in [4.69, 9.17) is 5.11 Å². The Hall–Kier alpha value is -2.10. The van der Waals surface area contributed by atoms with E-state index in [1.165, 1.54) is 5.57 Å². The van der Waals surface area contributed by atoms with Crippen molar-refractivity contribution in [2.75, 3.05) is 5.32 Å². The number of rotatable bonds is 5. The van der Waals surface area contributed by atoms with E-state index < -0.39 is 5.97 Å². The first-order valence-electron chi connectivity index (χ1n) is 6.87. The van der Waals surface area contributed by atoms with Gasteiger partial charge in [-0.3, -0.25) is 9.59 Å². The molecule has 1 aliphatic rings. The largest absolute Gasteiger partial charge is 0.481 e. The van der Waals surface area contributed by atoms with Crippen molar-refractivity contribution in [2.24, 2.45) is 0 Å². The maximum Gasteiger partial charge on any atom is 0.303 e. The van der Waals surface area contributed by atoms with Gasteiger partial charge in [0.25, 0.3) is 5.91 Å². The van der Waals surface area contributed by atoms with Crippen molar-refractivity contribution in [3.8, 4) is 0 Å². The standard InChI is InChI=1S/C16H19NO3/c1-11-3-2-4-14(11)16(20)17-13-8-5-12(6-9-13)7-10-15(18)19/h5-6,8-9H,2-4,7,10H2,1H3,(H,17,20)(H,18,19). The normalized spacial score (nSPS) is 14.4. The lowest BCUT2D eigenvalue weighted by Gasteiger charge is -2.08. The Morgan fingerprint density at radius 2 is 1.90 bits per heavy atom. The fourth-order valence-corrected chi connectivity index (χ4v) is 2.41. The number of hydrogen-bond donors (Lipinski definition) is 2. The van der Waals surface area contributed by atoms with Gasteiger partial charge in [0.1, 0.15) is 0 Å². The Balaban J connectivity index is 1.95. The molecule has 1 aromatic rings. The molecule has 0 spiro atoms. The van der Waals surface area contributed by atoms with E-state index in [1.54, 1.807) is 0 Å². The van der Waals surface area contributed by atoms with Crippen molar-refractivity contribution in [2.45, 2.75) is 39.0 Å². The molecule has 1 aromatic carbocycles. The Morgan fingerprint density at radius 1 is 1.20 bits per heavy atom. The van der Waals surface area contributed by atoms with Crippen LogP contribution in [0.15, 0.2) is 35.4 Å². The summed E-state index contributed by atoms with van der Waals surface area (Å²) in [5, 5.41) is 11.5. The number of aryl methyl sites for hydroxylation is 1. The monoisotopic (exact) mass is 273 g/mol. The number of allylic oxidation sites excluding steroid dienone is 1. The third-order valence-electron chi connectivity index (χ3n) is 3.61. The number of carboxylic acids is 1. The summed E-state index contributed by atoms with van der Waals surface area (Å²) in [4.78, 5) is 22.6. The number of benzene rings is 1. The molecule has 0 aromatic heterocycles. The number of nitrogens with one attached hydrogen (secondary N) is 1. The topological polar surface area (TPSA) is 66.4 Å². The van der Waals surface area contributed by atoms with Crippen LogP contribution in [0.5, 0.6) is 0 Å². The second-order valence-corrected chi connectivity index (χ2v) is 5.16. The molecule has 0 fully saturated rings. The van der Waals surface area contributed by atoms with Gasteiger partial charge in [-0.15, -0.1) is 0 Å². The van der Waals surface area contributed by atoms with Crippen LogP contribution in [0.2, 0.25) is 0 Å². The van der Waals surface area contributed by atoms with Crippen LogP contribution >= 0.6 is 0 Å². The third kappa shape index (κ3) is 3.70. The SMILES string of the molecule is CC1=C(C(=O)Nc2ccc(CCC(=O)O)cc2)CCC1. The minimum atomic E-state index is -0.800. The highest BCUT2D eigenvalue weighted by atomic mass is 16.4. The van der Waals surface area contributed by atoms with Crippen LogP contribution in [-0.4, -0.2) is 17.0 Å². The van der Waals surface area contributed by atoms with E-state index in [0.29, 0.717) is 6.42 Å². The number of carbonyl (C=O) groups excluding carboxylic acids is 1. The molecule has 0 saturated carbocycles. The van der Waals surface area contributed by atoms with Gasteiger partial charge in [0.2, 0.25) is 0 Å². The van der Waals surface area contributed by atoms with Gasteiger partial charge in [-0.25, -0.2) is 0 Å². The zero-order valence-electron chi connectivity index (χ0n) is 11.6. The van der Waals surface area contributed by atoms with Gasteiger partial charge in [0.15, 0.2) is 0 Å². The van der Waals surface area contributed by atoms with Gasteiger partial charge in [0.05, 0.1) is 0 Å². The predicted octanol–water partition coefficient (Wildman–Crippen LogP) is 3.14. The van der Waals surface area contributed by atoms with Crippen molar-refractivity contribution >= 4 is 17.6 Å². The zero-order valence-corrected chi connectivity index (χ0v) is 11.6. The number of carboxylic acid groups (broad SMARTS) is 1. The molecule has 0 aliphatic heterocycles. The van der Waals surface area contributed by atoms with E-state index in [-0.39, 0.29) is 12.3 Å². The van der Waals surface area contributed by atoms with Gasteiger partial charge in [-0.1, -0.05) is 17.7 Å². The van der Waals surface area contributed by atoms with Crippen LogP contribution in [0, 0.1) is 0 Å². The lowest BCUT2D eigenvalue weighted by Crippen LogP contribution is -2.14. The first-order chi connectivity index (χ1) is 9.56. The summed E-state index contributed by atoms with van der Waals surface area (Å²) >= 11 is 0. The number of carbonyl (C=O) groups is 2. The smallest absolute Gasteiger partial charge is 0.303 e. The number of amides is 1. The van der Waals surface area contributed by atoms with Crippen molar-refractivity contribution in [3.05, 3.63) is 41.0 Å². The Labute approximate surface area is 118 Å². The molecule has 2 N–H and O–H groups in total. The fraction of sp³-hybridized carbons (Fsp3) is 0.375. The quantitative estimate of drug-likeness (QED) is 0.866. The maximum atomic E-state index is 12.1. The van der Waals surface area contributed by atoms with Gasteiger partial charge in [0, 0.05) is 17.7 Å². The van der Waals surface area contributed by atoms with Crippen LogP contribution in [0.3, 0.4) is 0 Å². The molecule has 1 aliphatic carbocycles. The van der Waals surface area contributed by atoms with E-state index in [0.717, 1.165) is 36.1 Å². The summed E-state index contributed by atoms with van der Waals surface area (Å²) in [5.41, 5.74) is 3.79. The van der Waals surface area contributed by atoms with Crippen LogP contribution in [0.1, 0.15) is 38.2 Å². The summed E-state index contributed by atoms with van der Waals surface area (Å²) < 4.78 is 0. The summed E-state index contributed by atoms with van der Waals surface area (Å²) in [6.07, 6.45) is 3.56. The molecule has 20 heavy (non-hydrogen) atoms. The van der Waals surface area contributed by atoms with Crippen LogP contribution in [0.4, 0.5) is 5.69 Å². The Morgan fingerprint density at radius 3 is 2.45 bits per heavy atom. The van der Waals surface area contributed by atoms with E-state index >= 15 is 0 Å². The van der Waals surface area contributed by atoms with Gasteiger partial charge in [-0.05, 0) is 50.3 Å². The van der Waals surface area contributed by atoms with Gasteiger partial charge < -0.3 is 10.4 Å². The van der Waals surface area contributed by atoms with Gasteiger partial charge in [-0.2, -0.15) is 0 Å². The summed E-state index contributed by atoms with van der Waals surface area (Å²) in [7, 11) is 0. The maximum absolute atomic E-state index is 12.1. The first-order valence-corrected chi connectivity index (χ1v) is 6.87. The molecule has 0 bridgehead atoms. The third-order valence-corrected chi connectivity index (χ3v) is 3.61. The number of aliphatic carboxylic acids is 1. The Bertz CT molecular complexity index is 543. The van der Waals surface area contributed by atoms with Crippen LogP contribution in [0.25, 0.3) is 0 Å². The molecule has 0 heterocycles. The second-order valence-electron chi connectivity index (χ2n) is 5.16. The van der Waals surface area contributed by atoms with Crippen molar-refractivity contribution in [1.29, 1.82) is 0 Å². The highest BCUT2D eigenvalue weighted by Crippen LogP contribution is 2.26. The lowest BCUT2D eigenvalue weighted by molar-refractivity contribution is -0.137. The van der Waals surface area contributed by atoms with Crippen LogP contribution in [-0.2, 0) is 16.0 Å². The predicted molar refractivity (Wildman–Crippen MR) is 77.6 cm³/mol. The van der Waals surface area contributed by atoms with Crippen molar-refractivity contribution in [1.82, 2.24) is 0 Å². The fourth-order valence-electron chi connectivity index (χ4n) is 2.41. The molecular formula is C16H19NO3. The minimum absolute atomic E-state index is 0.0155. The highest BCUT2D eigenvalue weighted by Gasteiger charge is 2.17. The van der Waals surface area contributed by atoms with E-state index in [9.17, 15) is 9.59 Å². The van der Waals surface area contributed by atoms with Crippen LogP contribution < -0.4 is 5.32 Å². The molecule has 106 valence electrons.